The van der Waals surface area contributed by atoms with Crippen molar-refractivity contribution >= 4 is 11.6 Å². The minimum atomic E-state index is 0.0290. The molecule has 0 aliphatic rings. The molecule has 4 nitrogen and oxygen atoms in total. The van der Waals surface area contributed by atoms with Crippen LogP contribution in [-0.2, 0) is 4.79 Å². The number of nitrogens with one attached hydrogen (secondary N) is 2. The third-order valence-electron chi connectivity index (χ3n) is 3.56. The van der Waals surface area contributed by atoms with Gasteiger partial charge in [-0.1, -0.05) is 32.0 Å². The smallest absolute Gasteiger partial charge is 0.224 e. The predicted octanol–water partition coefficient (Wildman–Crippen LogP) is 2.26. The van der Waals surface area contributed by atoms with Crippen LogP contribution in [0.2, 0.25) is 0 Å². The molecule has 1 aromatic rings. The fourth-order valence-electron chi connectivity index (χ4n) is 2.22. The number of para-hydroxylation sites is 1. The third kappa shape index (κ3) is 6.63. The van der Waals surface area contributed by atoms with Crippen LogP contribution >= 0.6 is 0 Å². The van der Waals surface area contributed by atoms with Gasteiger partial charge in [-0.3, -0.25) is 4.79 Å². The van der Waals surface area contributed by atoms with Gasteiger partial charge in [0.25, 0.3) is 0 Å². The zero-order valence-corrected chi connectivity index (χ0v) is 13.6. The van der Waals surface area contributed by atoms with Gasteiger partial charge in [-0.25, -0.2) is 0 Å². The number of nitrogens with zero attached hydrogens (tertiary/aromatic N) is 1. The van der Waals surface area contributed by atoms with Crippen LogP contribution < -0.4 is 15.5 Å². The summed E-state index contributed by atoms with van der Waals surface area (Å²) >= 11 is 0. The Labute approximate surface area is 128 Å². The van der Waals surface area contributed by atoms with Crippen molar-refractivity contribution < 1.29 is 4.79 Å². The molecule has 1 aromatic carbocycles. The molecule has 0 bridgehead atoms. The zero-order chi connectivity index (χ0) is 15.5. The summed E-state index contributed by atoms with van der Waals surface area (Å²) < 4.78 is 0. The third-order valence-corrected chi connectivity index (χ3v) is 3.56. The summed E-state index contributed by atoms with van der Waals surface area (Å²) in [4.78, 5) is 14.2. The van der Waals surface area contributed by atoms with Crippen LogP contribution in [0.4, 0.5) is 5.69 Å². The lowest BCUT2D eigenvalue weighted by Crippen LogP contribution is -2.36. The van der Waals surface area contributed by atoms with Crippen molar-refractivity contribution in [2.24, 2.45) is 5.92 Å². The number of hydrogen-bond donors (Lipinski definition) is 2. The quantitative estimate of drug-likeness (QED) is 0.650. The van der Waals surface area contributed by atoms with Gasteiger partial charge in [0.2, 0.25) is 5.91 Å². The summed E-state index contributed by atoms with van der Waals surface area (Å²) in [6.45, 7) is 10.5. The van der Waals surface area contributed by atoms with Crippen molar-refractivity contribution in [3.63, 3.8) is 0 Å². The van der Waals surface area contributed by atoms with E-state index in [1.165, 1.54) is 5.69 Å². The lowest BCUT2D eigenvalue weighted by atomic mass is 10.1. The average Bonchev–Trinajstić information content (AvgIpc) is 2.53. The summed E-state index contributed by atoms with van der Waals surface area (Å²) in [7, 11) is 0. The first kappa shape index (κ1) is 17.5. The standard InChI is InChI=1S/C17H29N3O/c1-4-18-14-15(3)17(21)19-12-9-13-20(5-2)16-10-7-6-8-11-16/h6-8,10-11,15,18H,4-5,9,12-14H2,1-3H3,(H,19,21). The lowest BCUT2D eigenvalue weighted by molar-refractivity contribution is -0.124. The molecule has 0 heterocycles. The topological polar surface area (TPSA) is 44.4 Å². The molecular weight excluding hydrogens is 262 g/mol. The monoisotopic (exact) mass is 291 g/mol. The van der Waals surface area contributed by atoms with E-state index in [9.17, 15) is 4.79 Å². The highest BCUT2D eigenvalue weighted by molar-refractivity contribution is 5.78. The van der Waals surface area contributed by atoms with Crippen molar-refractivity contribution in [2.45, 2.75) is 27.2 Å². The Morgan fingerprint density at radius 2 is 1.95 bits per heavy atom. The van der Waals surface area contributed by atoms with E-state index < -0.39 is 0 Å². The largest absolute Gasteiger partial charge is 0.372 e. The van der Waals surface area contributed by atoms with E-state index in [1.54, 1.807) is 0 Å². The number of carbonyl (C=O) groups is 1. The van der Waals surface area contributed by atoms with E-state index in [-0.39, 0.29) is 11.8 Å². The highest BCUT2D eigenvalue weighted by atomic mass is 16.1. The number of carbonyl (C=O) groups excluding carboxylic acids is 1. The van der Waals surface area contributed by atoms with Gasteiger partial charge in [-0.2, -0.15) is 0 Å². The van der Waals surface area contributed by atoms with Crippen LogP contribution in [0.5, 0.6) is 0 Å². The number of amides is 1. The molecule has 0 fully saturated rings. The lowest BCUT2D eigenvalue weighted by Gasteiger charge is -2.23. The van der Waals surface area contributed by atoms with Gasteiger partial charge >= 0.3 is 0 Å². The molecule has 118 valence electrons. The Kier molecular flexibility index (Phi) is 8.51. The van der Waals surface area contributed by atoms with Crippen LogP contribution in [0.15, 0.2) is 30.3 Å². The SMILES string of the molecule is CCNCC(C)C(=O)NCCCN(CC)c1ccccc1. The second kappa shape index (κ2) is 10.2. The molecule has 0 saturated carbocycles. The second-order valence-corrected chi connectivity index (χ2v) is 5.27. The van der Waals surface area contributed by atoms with Gasteiger partial charge in [0, 0.05) is 37.8 Å². The van der Waals surface area contributed by atoms with Crippen molar-refractivity contribution in [1.82, 2.24) is 10.6 Å². The first-order valence-electron chi connectivity index (χ1n) is 7.97. The Bertz CT molecular complexity index is 394. The molecule has 4 heteroatoms. The molecule has 1 rings (SSSR count). The molecule has 0 saturated heterocycles. The number of benzene rings is 1. The molecule has 1 unspecified atom stereocenters. The highest BCUT2D eigenvalue weighted by Crippen LogP contribution is 2.12. The first-order valence-corrected chi connectivity index (χ1v) is 7.97. The average molecular weight is 291 g/mol. The molecule has 21 heavy (non-hydrogen) atoms. The molecule has 1 amide bonds. The maximum atomic E-state index is 11.9. The Hall–Kier alpha value is -1.55. The van der Waals surface area contributed by atoms with E-state index >= 15 is 0 Å². The Morgan fingerprint density at radius 1 is 1.24 bits per heavy atom. The molecule has 1 atom stereocenters. The van der Waals surface area contributed by atoms with Gasteiger partial charge in [0.15, 0.2) is 0 Å². The molecule has 0 spiro atoms. The van der Waals surface area contributed by atoms with Crippen LogP contribution in [0.25, 0.3) is 0 Å². The maximum Gasteiger partial charge on any atom is 0.224 e. The molecule has 0 radical (unpaired) electrons. The maximum absolute atomic E-state index is 11.9. The summed E-state index contributed by atoms with van der Waals surface area (Å²) in [5, 5.41) is 6.22. The molecule has 2 N–H and O–H groups in total. The summed E-state index contributed by atoms with van der Waals surface area (Å²) in [6, 6.07) is 10.4. The highest BCUT2D eigenvalue weighted by Gasteiger charge is 2.11. The normalized spacial score (nSPS) is 12.0. The Balaban J connectivity index is 2.25. The molecular formula is C17H29N3O. The first-order chi connectivity index (χ1) is 10.2. The van der Waals surface area contributed by atoms with E-state index in [4.69, 9.17) is 0 Å². The summed E-state index contributed by atoms with van der Waals surface area (Å²) in [6.07, 6.45) is 0.961. The summed E-state index contributed by atoms with van der Waals surface area (Å²) in [5.74, 6) is 0.167. The van der Waals surface area contributed by atoms with Crippen molar-refractivity contribution in [2.75, 3.05) is 37.6 Å². The van der Waals surface area contributed by atoms with Crippen LogP contribution in [-0.4, -0.2) is 38.6 Å². The van der Waals surface area contributed by atoms with Gasteiger partial charge < -0.3 is 15.5 Å². The number of anilines is 1. The number of rotatable bonds is 10. The number of hydrogen-bond acceptors (Lipinski definition) is 3. The summed E-state index contributed by atoms with van der Waals surface area (Å²) in [5.41, 5.74) is 1.24. The van der Waals surface area contributed by atoms with Gasteiger partial charge in [0.1, 0.15) is 0 Å². The minimum absolute atomic E-state index is 0.0290. The fourth-order valence-corrected chi connectivity index (χ4v) is 2.22. The molecule has 0 aliphatic heterocycles. The van der Waals surface area contributed by atoms with Gasteiger partial charge in [0.05, 0.1) is 0 Å². The minimum Gasteiger partial charge on any atom is -0.372 e. The Morgan fingerprint density at radius 3 is 2.57 bits per heavy atom. The van der Waals surface area contributed by atoms with E-state index in [0.717, 1.165) is 39.1 Å². The predicted molar refractivity (Wildman–Crippen MR) is 89.7 cm³/mol. The van der Waals surface area contributed by atoms with E-state index in [2.05, 4.69) is 46.7 Å². The second-order valence-electron chi connectivity index (χ2n) is 5.27. The van der Waals surface area contributed by atoms with Crippen molar-refractivity contribution in [3.05, 3.63) is 30.3 Å². The van der Waals surface area contributed by atoms with Crippen LogP contribution in [0.1, 0.15) is 27.2 Å². The van der Waals surface area contributed by atoms with Crippen molar-refractivity contribution in [3.8, 4) is 0 Å². The van der Waals surface area contributed by atoms with E-state index in [1.807, 2.05) is 19.9 Å². The van der Waals surface area contributed by atoms with E-state index in [0.29, 0.717) is 0 Å². The zero-order valence-electron chi connectivity index (χ0n) is 13.6. The van der Waals surface area contributed by atoms with Crippen LogP contribution in [0.3, 0.4) is 0 Å². The van der Waals surface area contributed by atoms with Crippen molar-refractivity contribution in [1.29, 1.82) is 0 Å². The molecule has 0 aliphatic carbocycles. The van der Waals surface area contributed by atoms with Gasteiger partial charge in [-0.15, -0.1) is 0 Å². The van der Waals surface area contributed by atoms with Crippen LogP contribution in [0, 0.1) is 5.92 Å². The molecule has 0 aromatic heterocycles. The van der Waals surface area contributed by atoms with Gasteiger partial charge in [-0.05, 0) is 32.0 Å². The fraction of sp³-hybridized carbons (Fsp3) is 0.588.